The van der Waals surface area contributed by atoms with E-state index in [1.807, 2.05) is 48.5 Å². The van der Waals surface area contributed by atoms with E-state index < -0.39 is 0 Å². The Balaban J connectivity index is 1.71. The standard InChI is InChI=1S/C18H14BrNO3/c1-22-15-6-8-17-12(10-15)11-16(23-17)7-9-18(21)20-14-4-2-13(19)3-5-14/h2-11H,1H3,(H,20,21)/b9-7+. The predicted octanol–water partition coefficient (Wildman–Crippen LogP) is 4.86. The molecule has 1 amide bonds. The number of ether oxygens (including phenoxy) is 1. The van der Waals surface area contributed by atoms with Crippen molar-refractivity contribution in [2.45, 2.75) is 0 Å². The summed E-state index contributed by atoms with van der Waals surface area (Å²) in [6.45, 7) is 0. The Bertz CT molecular complexity index is 866. The zero-order valence-electron chi connectivity index (χ0n) is 12.4. The fraction of sp³-hybridized carbons (Fsp3) is 0.0556. The van der Waals surface area contributed by atoms with Gasteiger partial charge < -0.3 is 14.5 Å². The van der Waals surface area contributed by atoms with Crippen molar-refractivity contribution in [3.8, 4) is 5.75 Å². The zero-order valence-corrected chi connectivity index (χ0v) is 14.0. The molecule has 0 unspecified atom stereocenters. The number of anilines is 1. The maximum atomic E-state index is 11.9. The van der Waals surface area contributed by atoms with Gasteiger partial charge in [0.25, 0.3) is 0 Å². The van der Waals surface area contributed by atoms with E-state index in [-0.39, 0.29) is 5.91 Å². The number of amides is 1. The lowest BCUT2D eigenvalue weighted by molar-refractivity contribution is -0.111. The third kappa shape index (κ3) is 3.81. The van der Waals surface area contributed by atoms with Gasteiger partial charge >= 0.3 is 0 Å². The molecule has 0 atom stereocenters. The van der Waals surface area contributed by atoms with Crippen LogP contribution in [0.3, 0.4) is 0 Å². The van der Waals surface area contributed by atoms with Crippen LogP contribution in [0, 0.1) is 0 Å². The van der Waals surface area contributed by atoms with Crippen LogP contribution < -0.4 is 10.1 Å². The Morgan fingerprint density at radius 1 is 1.17 bits per heavy atom. The minimum atomic E-state index is -0.217. The van der Waals surface area contributed by atoms with Crippen molar-refractivity contribution in [1.29, 1.82) is 0 Å². The summed E-state index contributed by atoms with van der Waals surface area (Å²) < 4.78 is 11.8. The lowest BCUT2D eigenvalue weighted by Gasteiger charge is -2.01. The number of furan rings is 1. The summed E-state index contributed by atoms with van der Waals surface area (Å²) in [6.07, 6.45) is 3.08. The van der Waals surface area contributed by atoms with Crippen LogP contribution in [0.15, 0.2) is 63.5 Å². The van der Waals surface area contributed by atoms with E-state index in [1.165, 1.54) is 6.08 Å². The quantitative estimate of drug-likeness (QED) is 0.666. The lowest BCUT2D eigenvalue weighted by Crippen LogP contribution is -2.07. The van der Waals surface area contributed by atoms with E-state index in [2.05, 4.69) is 21.2 Å². The molecule has 4 nitrogen and oxygen atoms in total. The number of benzene rings is 2. The third-order valence-electron chi connectivity index (χ3n) is 3.25. The molecule has 0 saturated carbocycles. The molecular weight excluding hydrogens is 358 g/mol. The molecule has 3 aromatic rings. The van der Waals surface area contributed by atoms with Gasteiger partial charge in [-0.25, -0.2) is 0 Å². The van der Waals surface area contributed by atoms with Gasteiger partial charge in [-0.3, -0.25) is 4.79 Å². The molecule has 1 aromatic heterocycles. The largest absolute Gasteiger partial charge is 0.497 e. The van der Waals surface area contributed by atoms with Crippen molar-refractivity contribution >= 4 is 44.6 Å². The van der Waals surface area contributed by atoms with Crippen LogP contribution in [-0.4, -0.2) is 13.0 Å². The molecule has 0 spiro atoms. The normalized spacial score (nSPS) is 11.0. The first-order valence-electron chi connectivity index (χ1n) is 6.96. The van der Waals surface area contributed by atoms with Crippen molar-refractivity contribution in [3.63, 3.8) is 0 Å². The number of carbonyl (C=O) groups excluding carboxylic acids is 1. The summed E-state index contributed by atoms with van der Waals surface area (Å²) in [4.78, 5) is 11.9. The van der Waals surface area contributed by atoms with Crippen LogP contribution in [-0.2, 0) is 4.79 Å². The minimum Gasteiger partial charge on any atom is -0.497 e. The molecule has 3 rings (SSSR count). The van der Waals surface area contributed by atoms with Crippen molar-refractivity contribution in [3.05, 3.63) is 64.8 Å². The second kappa shape index (κ2) is 6.71. The molecule has 2 aromatic carbocycles. The molecule has 0 radical (unpaired) electrons. The molecule has 1 N–H and O–H groups in total. The molecule has 0 aliphatic heterocycles. The van der Waals surface area contributed by atoms with Gasteiger partial charge in [-0.2, -0.15) is 0 Å². The highest BCUT2D eigenvalue weighted by molar-refractivity contribution is 9.10. The van der Waals surface area contributed by atoms with Gasteiger partial charge in [-0.15, -0.1) is 0 Å². The van der Waals surface area contributed by atoms with E-state index in [9.17, 15) is 4.79 Å². The number of nitrogens with one attached hydrogen (secondary N) is 1. The Morgan fingerprint density at radius 3 is 2.70 bits per heavy atom. The van der Waals surface area contributed by atoms with Gasteiger partial charge in [-0.1, -0.05) is 15.9 Å². The molecule has 1 heterocycles. The molecular formula is C18H14BrNO3. The molecule has 5 heteroatoms. The van der Waals surface area contributed by atoms with Crippen LogP contribution in [0.1, 0.15) is 5.76 Å². The van der Waals surface area contributed by atoms with Crippen LogP contribution in [0.5, 0.6) is 5.75 Å². The summed E-state index contributed by atoms with van der Waals surface area (Å²) in [7, 11) is 1.62. The van der Waals surface area contributed by atoms with E-state index in [4.69, 9.17) is 9.15 Å². The number of hydrogen-bond donors (Lipinski definition) is 1. The minimum absolute atomic E-state index is 0.217. The summed E-state index contributed by atoms with van der Waals surface area (Å²) in [5.74, 6) is 1.16. The first-order chi connectivity index (χ1) is 11.1. The lowest BCUT2D eigenvalue weighted by atomic mass is 10.2. The first kappa shape index (κ1) is 15.4. The average molecular weight is 372 g/mol. The second-order valence-corrected chi connectivity index (χ2v) is 5.80. The van der Waals surface area contributed by atoms with Gasteiger partial charge in [0.1, 0.15) is 17.1 Å². The van der Waals surface area contributed by atoms with Gasteiger partial charge in [0.2, 0.25) is 5.91 Å². The number of halogens is 1. The van der Waals surface area contributed by atoms with Gasteiger partial charge in [-0.05, 0) is 54.6 Å². The van der Waals surface area contributed by atoms with Crippen molar-refractivity contribution in [1.82, 2.24) is 0 Å². The van der Waals surface area contributed by atoms with Crippen LogP contribution in [0.25, 0.3) is 17.0 Å². The van der Waals surface area contributed by atoms with Gasteiger partial charge in [0, 0.05) is 21.6 Å². The number of carbonyl (C=O) groups is 1. The Labute approximate surface area is 141 Å². The third-order valence-corrected chi connectivity index (χ3v) is 3.78. The molecule has 23 heavy (non-hydrogen) atoms. The van der Waals surface area contributed by atoms with Crippen LogP contribution in [0.2, 0.25) is 0 Å². The fourth-order valence-corrected chi connectivity index (χ4v) is 2.39. The van der Waals surface area contributed by atoms with E-state index in [1.54, 1.807) is 13.2 Å². The van der Waals surface area contributed by atoms with Gasteiger partial charge in [0.05, 0.1) is 7.11 Å². The summed E-state index contributed by atoms with van der Waals surface area (Å²) in [5, 5.41) is 3.71. The maximum Gasteiger partial charge on any atom is 0.248 e. The Hall–Kier alpha value is -2.53. The molecule has 0 fully saturated rings. The monoisotopic (exact) mass is 371 g/mol. The molecule has 0 bridgehead atoms. The Kier molecular flexibility index (Phi) is 4.48. The molecule has 0 aliphatic rings. The van der Waals surface area contributed by atoms with Crippen molar-refractivity contribution in [2.24, 2.45) is 0 Å². The molecule has 0 saturated heterocycles. The molecule has 116 valence electrons. The zero-order chi connectivity index (χ0) is 16.2. The smallest absolute Gasteiger partial charge is 0.248 e. The maximum absolute atomic E-state index is 11.9. The molecule has 0 aliphatic carbocycles. The highest BCUT2D eigenvalue weighted by atomic mass is 79.9. The van der Waals surface area contributed by atoms with Gasteiger partial charge in [0.15, 0.2) is 0 Å². The predicted molar refractivity (Wildman–Crippen MR) is 94.6 cm³/mol. The van der Waals surface area contributed by atoms with Crippen LogP contribution in [0.4, 0.5) is 5.69 Å². The van der Waals surface area contributed by atoms with E-state index >= 15 is 0 Å². The second-order valence-electron chi connectivity index (χ2n) is 4.88. The van der Waals surface area contributed by atoms with E-state index in [0.717, 1.165) is 26.9 Å². The SMILES string of the molecule is COc1ccc2oc(/C=C/C(=O)Nc3ccc(Br)cc3)cc2c1. The summed E-state index contributed by atoms with van der Waals surface area (Å²) in [6, 6.07) is 14.8. The summed E-state index contributed by atoms with van der Waals surface area (Å²) in [5.41, 5.74) is 1.48. The highest BCUT2D eigenvalue weighted by Crippen LogP contribution is 2.24. The first-order valence-corrected chi connectivity index (χ1v) is 7.75. The number of hydrogen-bond acceptors (Lipinski definition) is 3. The topological polar surface area (TPSA) is 51.5 Å². The van der Waals surface area contributed by atoms with Crippen molar-refractivity contribution in [2.75, 3.05) is 12.4 Å². The van der Waals surface area contributed by atoms with E-state index in [0.29, 0.717) is 5.76 Å². The van der Waals surface area contributed by atoms with Crippen molar-refractivity contribution < 1.29 is 13.9 Å². The number of rotatable bonds is 4. The number of fused-ring (bicyclic) bond motifs is 1. The average Bonchev–Trinajstić information content (AvgIpc) is 2.97. The van der Waals surface area contributed by atoms with Crippen LogP contribution >= 0.6 is 15.9 Å². The Morgan fingerprint density at radius 2 is 1.96 bits per heavy atom. The fourth-order valence-electron chi connectivity index (χ4n) is 2.13. The highest BCUT2D eigenvalue weighted by Gasteiger charge is 2.04. The number of methoxy groups -OCH3 is 1. The summed E-state index contributed by atoms with van der Waals surface area (Å²) >= 11 is 3.35.